The van der Waals surface area contributed by atoms with Gasteiger partial charge >= 0.3 is 0 Å². The van der Waals surface area contributed by atoms with Crippen LogP contribution in [-0.2, 0) is 0 Å². The Balaban J connectivity index is 1.82. The van der Waals surface area contributed by atoms with Crippen molar-refractivity contribution in [3.05, 3.63) is 71.7 Å². The van der Waals surface area contributed by atoms with E-state index in [1.807, 2.05) is 42.5 Å². The fraction of sp³-hybridized carbons (Fsp3) is 0.174. The van der Waals surface area contributed by atoms with Crippen molar-refractivity contribution in [1.29, 1.82) is 0 Å². The van der Waals surface area contributed by atoms with E-state index >= 15 is 0 Å². The number of aromatic nitrogens is 5. The first-order chi connectivity index (χ1) is 14.1. The zero-order valence-corrected chi connectivity index (χ0v) is 16.8. The summed E-state index contributed by atoms with van der Waals surface area (Å²) in [7, 11) is 1.69. The maximum absolute atomic E-state index is 5.59. The lowest BCUT2D eigenvalue weighted by Crippen LogP contribution is -2.01. The lowest BCUT2D eigenvalue weighted by Gasteiger charge is -2.12. The second-order valence-corrected chi connectivity index (χ2v) is 7.18. The summed E-state index contributed by atoms with van der Waals surface area (Å²) in [6.07, 6.45) is 1.73. The molecule has 2 aromatic carbocycles. The van der Waals surface area contributed by atoms with E-state index in [2.05, 4.69) is 36.5 Å². The molecule has 0 aliphatic carbocycles. The number of fused-ring (bicyclic) bond motifs is 3. The normalized spacial score (nSPS) is 11.4. The molecule has 3 heterocycles. The van der Waals surface area contributed by atoms with Crippen molar-refractivity contribution >= 4 is 16.7 Å². The Morgan fingerprint density at radius 1 is 0.897 bits per heavy atom. The van der Waals surface area contributed by atoms with Gasteiger partial charge in [0.15, 0.2) is 17.1 Å². The van der Waals surface area contributed by atoms with E-state index in [4.69, 9.17) is 14.7 Å². The monoisotopic (exact) mass is 383 g/mol. The second-order valence-electron chi connectivity index (χ2n) is 7.18. The topological polar surface area (TPSA) is 57.2 Å². The quantitative estimate of drug-likeness (QED) is 0.454. The highest BCUT2D eigenvalue weighted by Gasteiger charge is 2.21. The van der Waals surface area contributed by atoms with Gasteiger partial charge in [-0.15, -0.1) is 5.10 Å². The number of hydrogen-bond acceptors (Lipinski definition) is 4. The third-order valence-corrected chi connectivity index (χ3v) is 5.54. The maximum atomic E-state index is 5.59. The molecular formula is C23H21N5O. The summed E-state index contributed by atoms with van der Waals surface area (Å²) in [4.78, 5) is 9.63. The minimum atomic E-state index is 0.708. The maximum Gasteiger partial charge on any atom is 0.182 e. The molecule has 0 saturated carbocycles. The highest BCUT2D eigenvalue weighted by Crippen LogP contribution is 2.33. The molecule has 5 rings (SSSR count). The van der Waals surface area contributed by atoms with Crippen LogP contribution in [0.25, 0.3) is 33.8 Å². The molecule has 0 aliphatic rings. The molecule has 0 atom stereocenters. The van der Waals surface area contributed by atoms with Crippen molar-refractivity contribution in [2.24, 2.45) is 0 Å². The SMILES string of the molecule is COc1ccccc1-n1c(C)c(C)c2c1ncn1nc(-c3ccccc3C)nc21. The second kappa shape index (κ2) is 6.44. The number of nitrogens with zero attached hydrogens (tertiary/aromatic N) is 5. The molecule has 6 heteroatoms. The number of rotatable bonds is 3. The zero-order chi connectivity index (χ0) is 20.1. The van der Waals surface area contributed by atoms with Gasteiger partial charge in [-0.05, 0) is 44.0 Å². The summed E-state index contributed by atoms with van der Waals surface area (Å²) in [5.41, 5.74) is 7.03. The fourth-order valence-electron chi connectivity index (χ4n) is 3.91. The van der Waals surface area contributed by atoms with Gasteiger partial charge in [0, 0.05) is 11.3 Å². The smallest absolute Gasteiger partial charge is 0.182 e. The summed E-state index contributed by atoms with van der Waals surface area (Å²) in [5.74, 6) is 1.51. The molecule has 0 saturated heterocycles. The molecule has 3 aromatic heterocycles. The van der Waals surface area contributed by atoms with E-state index in [1.165, 1.54) is 0 Å². The summed E-state index contributed by atoms with van der Waals surface area (Å²) in [5, 5.41) is 5.69. The van der Waals surface area contributed by atoms with Crippen LogP contribution in [0.2, 0.25) is 0 Å². The van der Waals surface area contributed by atoms with Crippen molar-refractivity contribution < 1.29 is 4.74 Å². The van der Waals surface area contributed by atoms with Crippen molar-refractivity contribution in [2.75, 3.05) is 7.11 Å². The lowest BCUT2D eigenvalue weighted by atomic mass is 10.1. The van der Waals surface area contributed by atoms with Gasteiger partial charge < -0.3 is 4.74 Å². The molecule has 0 radical (unpaired) electrons. The number of aryl methyl sites for hydroxylation is 2. The van der Waals surface area contributed by atoms with Crippen LogP contribution in [-0.4, -0.2) is 31.3 Å². The number of methoxy groups -OCH3 is 1. The number of benzene rings is 2. The van der Waals surface area contributed by atoms with Crippen LogP contribution in [0.5, 0.6) is 5.75 Å². The molecular weight excluding hydrogens is 362 g/mol. The lowest BCUT2D eigenvalue weighted by molar-refractivity contribution is 0.413. The molecule has 0 unspecified atom stereocenters. The largest absolute Gasteiger partial charge is 0.495 e. The van der Waals surface area contributed by atoms with Gasteiger partial charge in [0.05, 0.1) is 18.2 Å². The van der Waals surface area contributed by atoms with Crippen LogP contribution in [0.3, 0.4) is 0 Å². The Morgan fingerprint density at radius 2 is 1.66 bits per heavy atom. The molecule has 5 aromatic rings. The first-order valence-corrected chi connectivity index (χ1v) is 9.52. The van der Waals surface area contributed by atoms with Crippen LogP contribution >= 0.6 is 0 Å². The summed E-state index contributed by atoms with van der Waals surface area (Å²) in [6.45, 7) is 6.27. The standard InChI is InChI=1S/C23H21N5O/c1-14-9-5-6-10-17(14)21-25-23-20-15(2)16(3)28(22(20)24-13-27(23)26-21)18-11-7-8-12-19(18)29-4/h5-13H,1-4H3. The average Bonchev–Trinajstić information content (AvgIpc) is 3.27. The van der Waals surface area contributed by atoms with Gasteiger partial charge in [-0.2, -0.15) is 0 Å². The van der Waals surface area contributed by atoms with Crippen LogP contribution < -0.4 is 4.74 Å². The third-order valence-electron chi connectivity index (χ3n) is 5.54. The molecule has 0 spiro atoms. The Kier molecular flexibility index (Phi) is 3.87. The van der Waals surface area contributed by atoms with Gasteiger partial charge in [0.1, 0.15) is 12.1 Å². The average molecular weight is 383 g/mol. The number of ether oxygens (including phenoxy) is 1. The van der Waals surface area contributed by atoms with Gasteiger partial charge in [-0.3, -0.25) is 4.57 Å². The van der Waals surface area contributed by atoms with Crippen molar-refractivity contribution in [3.63, 3.8) is 0 Å². The van der Waals surface area contributed by atoms with E-state index in [9.17, 15) is 0 Å². The molecule has 0 N–H and O–H groups in total. The number of hydrogen-bond donors (Lipinski definition) is 0. The Labute approximate surface area is 168 Å². The molecule has 0 fully saturated rings. The zero-order valence-electron chi connectivity index (χ0n) is 16.8. The first kappa shape index (κ1) is 17.4. The van der Waals surface area contributed by atoms with Crippen molar-refractivity contribution in [3.8, 4) is 22.8 Å². The van der Waals surface area contributed by atoms with Gasteiger partial charge in [-0.25, -0.2) is 14.5 Å². The van der Waals surface area contributed by atoms with E-state index < -0.39 is 0 Å². The Bertz CT molecular complexity index is 1380. The number of para-hydroxylation sites is 2. The molecule has 29 heavy (non-hydrogen) atoms. The molecule has 0 bridgehead atoms. The van der Waals surface area contributed by atoms with Gasteiger partial charge in [-0.1, -0.05) is 36.4 Å². The van der Waals surface area contributed by atoms with Crippen molar-refractivity contribution in [1.82, 2.24) is 24.1 Å². The predicted molar refractivity (Wildman–Crippen MR) is 114 cm³/mol. The minimum Gasteiger partial charge on any atom is -0.495 e. The summed E-state index contributed by atoms with van der Waals surface area (Å²) < 4.78 is 9.49. The highest BCUT2D eigenvalue weighted by atomic mass is 16.5. The molecule has 0 aliphatic heterocycles. The Morgan fingerprint density at radius 3 is 2.45 bits per heavy atom. The van der Waals surface area contributed by atoms with Crippen molar-refractivity contribution in [2.45, 2.75) is 20.8 Å². The summed E-state index contributed by atoms with van der Waals surface area (Å²) in [6, 6.07) is 16.1. The molecule has 144 valence electrons. The predicted octanol–water partition coefficient (Wildman–Crippen LogP) is 4.67. The summed E-state index contributed by atoms with van der Waals surface area (Å²) >= 11 is 0. The van der Waals surface area contributed by atoms with Crippen LogP contribution in [0, 0.1) is 20.8 Å². The van der Waals surface area contributed by atoms with Gasteiger partial charge in [0.25, 0.3) is 0 Å². The highest BCUT2D eigenvalue weighted by molar-refractivity contribution is 5.95. The molecule has 0 amide bonds. The van der Waals surface area contributed by atoms with E-state index in [0.29, 0.717) is 5.82 Å². The Hall–Kier alpha value is -3.67. The van der Waals surface area contributed by atoms with Crippen LogP contribution in [0.1, 0.15) is 16.8 Å². The van der Waals surface area contributed by atoms with Crippen LogP contribution in [0.15, 0.2) is 54.9 Å². The fourth-order valence-corrected chi connectivity index (χ4v) is 3.91. The van der Waals surface area contributed by atoms with E-state index in [-0.39, 0.29) is 0 Å². The third kappa shape index (κ3) is 2.52. The van der Waals surface area contributed by atoms with E-state index in [0.717, 1.165) is 50.5 Å². The van der Waals surface area contributed by atoms with Crippen LogP contribution in [0.4, 0.5) is 0 Å². The van der Waals surface area contributed by atoms with E-state index in [1.54, 1.807) is 18.0 Å². The van der Waals surface area contributed by atoms with Gasteiger partial charge in [0.2, 0.25) is 0 Å². The minimum absolute atomic E-state index is 0.708. The molecule has 6 nitrogen and oxygen atoms in total. The first-order valence-electron chi connectivity index (χ1n) is 9.52.